The van der Waals surface area contributed by atoms with Gasteiger partial charge in [-0.15, -0.1) is 10.2 Å². The number of carbonyl (C=O) groups is 4. The molecule has 5 heterocycles. The summed E-state index contributed by atoms with van der Waals surface area (Å²) in [5, 5.41) is 33.1. The number of nitrogens with zero attached hydrogens (tertiary/aromatic N) is 6. The van der Waals surface area contributed by atoms with Crippen LogP contribution in [0.3, 0.4) is 0 Å². The molecule has 0 unspecified atom stereocenters. The largest absolute Gasteiger partial charge is 0.459 e. The molecule has 3 aliphatic heterocycles. The van der Waals surface area contributed by atoms with Crippen LogP contribution in [0.5, 0.6) is 0 Å². The van der Waals surface area contributed by atoms with Crippen molar-refractivity contribution in [2.24, 2.45) is 30.7 Å². The number of carbonyl (C=O) groups excluding carboxylic acids is 4. The quantitative estimate of drug-likeness (QED) is 0.206. The minimum Gasteiger partial charge on any atom is -0.459 e. The van der Waals surface area contributed by atoms with E-state index >= 15 is 0 Å². The molecule has 0 aromatic carbocycles. The minimum atomic E-state index is -1.45. The van der Waals surface area contributed by atoms with Crippen LogP contribution in [0, 0.1) is 35.5 Å². The van der Waals surface area contributed by atoms with Gasteiger partial charge in [-0.05, 0) is 72.2 Å². The number of tetrazole rings is 1. The third-order valence-corrected chi connectivity index (χ3v) is 11.5. The van der Waals surface area contributed by atoms with E-state index in [1.165, 1.54) is 11.7 Å². The fourth-order valence-corrected chi connectivity index (χ4v) is 8.43. The van der Waals surface area contributed by atoms with E-state index in [2.05, 4.69) is 43.0 Å². The van der Waals surface area contributed by atoms with Gasteiger partial charge in [0, 0.05) is 29.9 Å². The van der Waals surface area contributed by atoms with Crippen LogP contribution in [0.15, 0.2) is 10.6 Å². The highest BCUT2D eigenvalue weighted by atomic mass is 16.7. The number of rotatable bonds is 7. The van der Waals surface area contributed by atoms with E-state index in [1.807, 2.05) is 32.8 Å². The van der Waals surface area contributed by atoms with Gasteiger partial charge in [0.25, 0.3) is 0 Å². The average Bonchev–Trinajstić information content (AvgIpc) is 3.88. The molecular formula is C38H56N8O10. The number of esters is 1. The van der Waals surface area contributed by atoms with Gasteiger partial charge in [0.05, 0.1) is 36.4 Å². The molecule has 18 nitrogen and oxygen atoms in total. The number of urea groups is 1. The van der Waals surface area contributed by atoms with Crippen molar-refractivity contribution < 1.29 is 47.8 Å². The molecule has 0 aliphatic carbocycles. The van der Waals surface area contributed by atoms with Crippen molar-refractivity contribution in [3.05, 3.63) is 11.8 Å². The Bertz CT molecular complexity index is 1820. The Morgan fingerprint density at radius 3 is 2.45 bits per heavy atom. The summed E-state index contributed by atoms with van der Waals surface area (Å²) in [5.74, 6) is 1.03. The van der Waals surface area contributed by atoms with E-state index in [0.29, 0.717) is 18.5 Å². The topological polar surface area (TPSA) is 222 Å². The molecule has 5 rings (SSSR count). The molecule has 308 valence electrons. The van der Waals surface area contributed by atoms with Gasteiger partial charge in [0.1, 0.15) is 30.5 Å². The highest BCUT2D eigenvalue weighted by Crippen LogP contribution is 2.39. The van der Waals surface area contributed by atoms with Gasteiger partial charge < -0.3 is 44.1 Å². The number of ketones is 2. The molecule has 3 aliphatic rings. The minimum absolute atomic E-state index is 0.0290. The molecule has 3 N–H and O–H groups in total. The molecule has 0 saturated carbocycles. The van der Waals surface area contributed by atoms with Gasteiger partial charge in [-0.2, -0.15) is 4.80 Å². The first kappa shape index (κ1) is 42.9. The molecule has 0 spiro atoms. The van der Waals surface area contributed by atoms with E-state index in [0.717, 1.165) is 0 Å². The second-order valence-electron chi connectivity index (χ2n) is 16.1. The Balaban J connectivity index is 1.55. The number of aliphatic hydroxyl groups excluding tert-OH is 1. The Hall–Kier alpha value is -4.28. The van der Waals surface area contributed by atoms with Crippen molar-refractivity contribution in [3.63, 3.8) is 0 Å². The first-order valence-electron chi connectivity index (χ1n) is 19.2. The van der Waals surface area contributed by atoms with Crippen molar-refractivity contribution >= 4 is 23.6 Å². The predicted octanol–water partition coefficient (Wildman–Crippen LogP) is 1.65. The van der Waals surface area contributed by atoms with Crippen LogP contribution in [-0.2, 0) is 40.4 Å². The van der Waals surface area contributed by atoms with Gasteiger partial charge in [0.2, 0.25) is 11.6 Å². The van der Waals surface area contributed by atoms with Crippen LogP contribution in [0.25, 0.3) is 11.5 Å². The van der Waals surface area contributed by atoms with Crippen molar-refractivity contribution in [3.8, 4) is 23.4 Å². The van der Waals surface area contributed by atoms with Crippen LogP contribution in [0.2, 0.25) is 0 Å². The first-order valence-corrected chi connectivity index (χ1v) is 19.2. The highest BCUT2D eigenvalue weighted by Gasteiger charge is 2.55. The fourth-order valence-electron chi connectivity index (χ4n) is 8.43. The maximum absolute atomic E-state index is 14.4. The molecule has 3 saturated heterocycles. The summed E-state index contributed by atoms with van der Waals surface area (Å²) in [4.78, 5) is 58.6. The summed E-state index contributed by atoms with van der Waals surface area (Å²) in [5.41, 5.74) is -2.28. The summed E-state index contributed by atoms with van der Waals surface area (Å²) in [6, 6.07) is -0.0226. The average molecular weight is 785 g/mol. The molecule has 56 heavy (non-hydrogen) atoms. The second-order valence-corrected chi connectivity index (χ2v) is 16.1. The summed E-state index contributed by atoms with van der Waals surface area (Å²) in [6.45, 7) is 13.5. The van der Waals surface area contributed by atoms with Crippen molar-refractivity contribution in [2.45, 2.75) is 129 Å². The standard InChI is InChI=1S/C38H56N8O10/c1-12-27-38(8)31(39-36(51)40-38)21(4)28(47)19(2)18-37(7,52-15-13-14-24-17-25(43-56-24)33-41-44-46(11)42-33)32(22(5)29(48)23(6)34(50)54-27)55-35-30(49)26(45(9)10)16-20(3)53-35/h17,19-23,26-27,30-32,35,49H,12,15-16,18H2,1-11H3,(H2,39,40,51)/t19-,20-,21+,22+,23-,26+,27-,30-,31-,32-,35+,37-,38-/m1/s1. The van der Waals surface area contributed by atoms with Gasteiger partial charge in [0.15, 0.2) is 17.8 Å². The second kappa shape index (κ2) is 17.1. The molecule has 18 heteroatoms. The molecule has 13 atom stereocenters. The molecule has 0 bridgehead atoms. The summed E-state index contributed by atoms with van der Waals surface area (Å²) in [6.07, 6.45) is -3.79. The number of aryl methyl sites for hydroxylation is 1. The molecule has 2 aromatic heterocycles. The van der Waals surface area contributed by atoms with Crippen LogP contribution in [-0.4, -0.2) is 134 Å². The molecule has 2 amide bonds. The number of ether oxygens (including phenoxy) is 4. The number of hydrogen-bond acceptors (Lipinski definition) is 15. The van der Waals surface area contributed by atoms with Gasteiger partial charge in [-0.3, -0.25) is 14.4 Å². The fraction of sp³-hybridized carbons (Fsp3) is 0.737. The first-order chi connectivity index (χ1) is 26.3. The van der Waals surface area contributed by atoms with Crippen molar-refractivity contribution in [2.75, 3.05) is 20.7 Å². The smallest absolute Gasteiger partial charge is 0.316 e. The van der Waals surface area contributed by atoms with Gasteiger partial charge in [-0.25, -0.2) is 4.79 Å². The van der Waals surface area contributed by atoms with Crippen LogP contribution >= 0.6 is 0 Å². The molecular weight excluding hydrogens is 728 g/mol. The Labute approximate surface area is 327 Å². The van der Waals surface area contributed by atoms with E-state index < -0.39 is 83.2 Å². The SMILES string of the molecule is CC[C@H]1OC(=O)[C@H](C)C(=O)[C@H](C)[C@@H](O[C@@H]2O[C@H](C)C[C@H](N(C)C)[C@H]2O)[C@](C)(OCC#Cc2cc(-c3nnn(C)n3)no2)C[C@@H](C)C(=O)[C@H](C)[C@H]2NC(=O)N[C@@]21C. The number of aromatic nitrogens is 5. The van der Waals surface area contributed by atoms with E-state index in [4.69, 9.17) is 23.5 Å². The lowest BCUT2D eigenvalue weighted by Crippen LogP contribution is -2.62. The highest BCUT2D eigenvalue weighted by molar-refractivity contribution is 6.00. The number of Topliss-reactive ketones (excluding diaryl/α,β-unsaturated/α-hetero) is 2. The van der Waals surface area contributed by atoms with Crippen molar-refractivity contribution in [1.82, 2.24) is 40.9 Å². The van der Waals surface area contributed by atoms with Gasteiger partial charge in [-0.1, -0.05) is 38.8 Å². The van der Waals surface area contributed by atoms with E-state index in [1.54, 1.807) is 47.7 Å². The van der Waals surface area contributed by atoms with Crippen LogP contribution < -0.4 is 10.6 Å². The maximum Gasteiger partial charge on any atom is 0.316 e. The lowest BCUT2D eigenvalue weighted by atomic mass is 9.73. The molecule has 0 radical (unpaired) electrons. The normalized spacial score (nSPS) is 37.2. The Kier molecular flexibility index (Phi) is 13.1. The Morgan fingerprint density at radius 1 is 1.09 bits per heavy atom. The zero-order chi connectivity index (χ0) is 41.3. The van der Waals surface area contributed by atoms with E-state index in [9.17, 15) is 24.3 Å². The monoisotopic (exact) mass is 784 g/mol. The summed E-state index contributed by atoms with van der Waals surface area (Å²) in [7, 11) is 5.32. The molecule has 2 aromatic rings. The summed E-state index contributed by atoms with van der Waals surface area (Å²) < 4.78 is 30.8. The van der Waals surface area contributed by atoms with Crippen LogP contribution in [0.4, 0.5) is 4.79 Å². The number of nitrogens with one attached hydrogen (secondary N) is 2. The predicted molar refractivity (Wildman–Crippen MR) is 198 cm³/mol. The number of fused-ring (bicyclic) bond motifs is 1. The van der Waals surface area contributed by atoms with Crippen molar-refractivity contribution in [1.29, 1.82) is 0 Å². The lowest BCUT2D eigenvalue weighted by molar-refractivity contribution is -0.296. The number of hydrogen-bond donors (Lipinski definition) is 3. The Morgan fingerprint density at radius 2 is 1.80 bits per heavy atom. The molecule has 3 fully saturated rings. The number of amides is 2. The third kappa shape index (κ3) is 8.81. The van der Waals surface area contributed by atoms with E-state index in [-0.39, 0.29) is 42.5 Å². The van der Waals surface area contributed by atoms with Crippen LogP contribution in [0.1, 0.15) is 80.4 Å². The zero-order valence-electron chi connectivity index (χ0n) is 34.1. The number of likely N-dealkylation sites (N-methyl/N-ethyl adjacent to an activating group) is 1. The summed E-state index contributed by atoms with van der Waals surface area (Å²) >= 11 is 0. The third-order valence-electron chi connectivity index (χ3n) is 11.5. The number of cyclic esters (lactones) is 1. The maximum atomic E-state index is 14.4. The van der Waals surface area contributed by atoms with Gasteiger partial charge >= 0.3 is 12.0 Å². The number of aliphatic hydroxyl groups is 1. The zero-order valence-corrected chi connectivity index (χ0v) is 34.1. The lowest BCUT2D eigenvalue weighted by Gasteiger charge is -2.47.